The van der Waals surface area contributed by atoms with Gasteiger partial charge in [-0.2, -0.15) is 5.10 Å². The summed E-state index contributed by atoms with van der Waals surface area (Å²) in [6, 6.07) is -0.623. The zero-order valence-electron chi connectivity index (χ0n) is 9.86. The standard InChI is InChI=1S/C10H18N4O2/c1-7-8(5-13-14(7)2)4-12-10(15)9(11)6-16-3/h5,9H,4,6,11H2,1-3H3,(H,12,15). The normalized spacial score (nSPS) is 12.5. The van der Waals surface area contributed by atoms with E-state index >= 15 is 0 Å². The first-order valence-electron chi connectivity index (χ1n) is 5.06. The summed E-state index contributed by atoms with van der Waals surface area (Å²) in [5.74, 6) is -0.217. The van der Waals surface area contributed by atoms with Crippen LogP contribution >= 0.6 is 0 Å². The van der Waals surface area contributed by atoms with E-state index in [1.54, 1.807) is 10.9 Å². The van der Waals surface area contributed by atoms with Crippen molar-refractivity contribution in [1.29, 1.82) is 0 Å². The minimum atomic E-state index is -0.623. The molecule has 0 aliphatic rings. The topological polar surface area (TPSA) is 82.2 Å². The van der Waals surface area contributed by atoms with Crippen LogP contribution in [0.2, 0.25) is 0 Å². The van der Waals surface area contributed by atoms with Gasteiger partial charge in [-0.05, 0) is 6.92 Å². The van der Waals surface area contributed by atoms with E-state index in [1.807, 2.05) is 14.0 Å². The van der Waals surface area contributed by atoms with Crippen molar-refractivity contribution < 1.29 is 9.53 Å². The Morgan fingerprint density at radius 1 is 1.75 bits per heavy atom. The van der Waals surface area contributed by atoms with Crippen molar-refractivity contribution >= 4 is 5.91 Å². The van der Waals surface area contributed by atoms with Gasteiger partial charge in [-0.25, -0.2) is 0 Å². The van der Waals surface area contributed by atoms with E-state index in [0.717, 1.165) is 11.3 Å². The predicted octanol–water partition coefficient (Wildman–Crippen LogP) is -0.682. The van der Waals surface area contributed by atoms with Crippen molar-refractivity contribution in [2.75, 3.05) is 13.7 Å². The molecule has 1 amide bonds. The number of nitrogens with one attached hydrogen (secondary N) is 1. The summed E-state index contributed by atoms with van der Waals surface area (Å²) >= 11 is 0. The van der Waals surface area contributed by atoms with Crippen molar-refractivity contribution in [2.45, 2.75) is 19.5 Å². The van der Waals surface area contributed by atoms with Gasteiger partial charge in [0.1, 0.15) is 6.04 Å². The van der Waals surface area contributed by atoms with Gasteiger partial charge in [-0.1, -0.05) is 0 Å². The number of aryl methyl sites for hydroxylation is 1. The van der Waals surface area contributed by atoms with Crippen LogP contribution in [-0.2, 0) is 23.1 Å². The molecule has 0 aliphatic carbocycles. The van der Waals surface area contributed by atoms with Crippen LogP contribution in [0.4, 0.5) is 0 Å². The molecule has 6 nitrogen and oxygen atoms in total. The molecular weight excluding hydrogens is 208 g/mol. The average Bonchev–Trinajstić information content (AvgIpc) is 2.57. The smallest absolute Gasteiger partial charge is 0.239 e. The molecule has 0 saturated heterocycles. The highest BCUT2D eigenvalue weighted by molar-refractivity contribution is 5.81. The van der Waals surface area contributed by atoms with Crippen LogP contribution in [0, 0.1) is 6.92 Å². The molecule has 16 heavy (non-hydrogen) atoms. The number of ether oxygens (including phenoxy) is 1. The molecule has 90 valence electrons. The third-order valence-electron chi connectivity index (χ3n) is 2.47. The highest BCUT2D eigenvalue weighted by atomic mass is 16.5. The zero-order valence-corrected chi connectivity index (χ0v) is 9.86. The summed E-state index contributed by atoms with van der Waals surface area (Å²) in [6.07, 6.45) is 1.73. The molecule has 0 radical (unpaired) electrons. The zero-order chi connectivity index (χ0) is 12.1. The number of carbonyl (C=O) groups excluding carboxylic acids is 1. The van der Waals surface area contributed by atoms with Gasteiger partial charge in [0.25, 0.3) is 0 Å². The minimum absolute atomic E-state index is 0.217. The van der Waals surface area contributed by atoms with Crippen LogP contribution in [0.5, 0.6) is 0 Å². The fourth-order valence-electron chi connectivity index (χ4n) is 1.29. The van der Waals surface area contributed by atoms with Crippen LogP contribution in [0.3, 0.4) is 0 Å². The summed E-state index contributed by atoms with van der Waals surface area (Å²) in [5.41, 5.74) is 7.59. The molecule has 0 bridgehead atoms. The van der Waals surface area contributed by atoms with Gasteiger partial charge in [-0.3, -0.25) is 9.48 Å². The predicted molar refractivity (Wildman–Crippen MR) is 59.6 cm³/mol. The van der Waals surface area contributed by atoms with Crippen molar-refractivity contribution in [3.8, 4) is 0 Å². The third kappa shape index (κ3) is 3.04. The highest BCUT2D eigenvalue weighted by Crippen LogP contribution is 2.04. The van der Waals surface area contributed by atoms with E-state index in [0.29, 0.717) is 6.54 Å². The quantitative estimate of drug-likeness (QED) is 0.697. The van der Waals surface area contributed by atoms with Crippen LogP contribution in [0.15, 0.2) is 6.20 Å². The number of nitrogens with two attached hydrogens (primary N) is 1. The molecule has 0 saturated carbocycles. The van der Waals surface area contributed by atoms with E-state index in [1.165, 1.54) is 7.11 Å². The molecular formula is C10H18N4O2. The van der Waals surface area contributed by atoms with Gasteiger partial charge < -0.3 is 15.8 Å². The lowest BCUT2D eigenvalue weighted by Gasteiger charge is -2.10. The van der Waals surface area contributed by atoms with E-state index < -0.39 is 6.04 Å². The fraction of sp³-hybridized carbons (Fsp3) is 0.600. The van der Waals surface area contributed by atoms with E-state index in [4.69, 9.17) is 10.5 Å². The van der Waals surface area contributed by atoms with Crippen molar-refractivity contribution in [3.63, 3.8) is 0 Å². The summed E-state index contributed by atoms with van der Waals surface area (Å²) in [4.78, 5) is 11.5. The lowest BCUT2D eigenvalue weighted by Crippen LogP contribution is -2.43. The molecule has 0 aliphatic heterocycles. The van der Waals surface area contributed by atoms with Crippen molar-refractivity contribution in [1.82, 2.24) is 15.1 Å². The summed E-state index contributed by atoms with van der Waals surface area (Å²) in [6.45, 7) is 2.61. The maximum Gasteiger partial charge on any atom is 0.239 e. The maximum absolute atomic E-state index is 11.5. The first kappa shape index (κ1) is 12.7. The number of hydrogen-bond acceptors (Lipinski definition) is 4. The maximum atomic E-state index is 11.5. The van der Waals surface area contributed by atoms with Crippen LogP contribution < -0.4 is 11.1 Å². The first-order chi connectivity index (χ1) is 7.56. The highest BCUT2D eigenvalue weighted by Gasteiger charge is 2.13. The Kier molecular flexibility index (Phi) is 4.45. The molecule has 6 heteroatoms. The molecule has 3 N–H and O–H groups in total. The second-order valence-corrected chi connectivity index (χ2v) is 3.66. The fourth-order valence-corrected chi connectivity index (χ4v) is 1.29. The number of methoxy groups -OCH3 is 1. The van der Waals surface area contributed by atoms with E-state index in [-0.39, 0.29) is 12.5 Å². The van der Waals surface area contributed by atoms with Crippen molar-refractivity contribution in [3.05, 3.63) is 17.5 Å². The number of carbonyl (C=O) groups is 1. The molecule has 1 atom stereocenters. The molecule has 0 fully saturated rings. The monoisotopic (exact) mass is 226 g/mol. The number of hydrogen-bond donors (Lipinski definition) is 2. The molecule has 0 spiro atoms. The van der Waals surface area contributed by atoms with E-state index in [9.17, 15) is 4.79 Å². The van der Waals surface area contributed by atoms with Crippen LogP contribution in [0.25, 0.3) is 0 Å². The van der Waals surface area contributed by atoms with Gasteiger partial charge >= 0.3 is 0 Å². The molecule has 1 unspecified atom stereocenters. The Morgan fingerprint density at radius 2 is 2.44 bits per heavy atom. The number of amides is 1. The van der Waals surface area contributed by atoms with Gasteiger partial charge in [0.05, 0.1) is 12.8 Å². The Hall–Kier alpha value is -1.40. The molecule has 1 heterocycles. The lowest BCUT2D eigenvalue weighted by atomic mass is 10.2. The molecule has 1 aromatic rings. The first-order valence-corrected chi connectivity index (χ1v) is 5.06. The average molecular weight is 226 g/mol. The third-order valence-corrected chi connectivity index (χ3v) is 2.47. The van der Waals surface area contributed by atoms with E-state index in [2.05, 4.69) is 10.4 Å². The number of nitrogens with zero attached hydrogens (tertiary/aromatic N) is 2. The van der Waals surface area contributed by atoms with Gasteiger partial charge in [0.15, 0.2) is 0 Å². The summed E-state index contributed by atoms with van der Waals surface area (Å²) in [5, 5.41) is 6.83. The molecule has 1 aromatic heterocycles. The lowest BCUT2D eigenvalue weighted by molar-refractivity contribution is -0.123. The second kappa shape index (κ2) is 5.62. The minimum Gasteiger partial charge on any atom is -0.383 e. The van der Waals surface area contributed by atoms with Gasteiger partial charge in [-0.15, -0.1) is 0 Å². The van der Waals surface area contributed by atoms with Crippen LogP contribution in [-0.4, -0.2) is 35.4 Å². The Balaban J connectivity index is 2.46. The molecule has 0 aromatic carbocycles. The molecule has 1 rings (SSSR count). The largest absolute Gasteiger partial charge is 0.383 e. The SMILES string of the molecule is COCC(N)C(=O)NCc1cnn(C)c1C. The second-order valence-electron chi connectivity index (χ2n) is 3.66. The van der Waals surface area contributed by atoms with Gasteiger partial charge in [0, 0.05) is 32.0 Å². The van der Waals surface area contributed by atoms with Crippen molar-refractivity contribution in [2.24, 2.45) is 12.8 Å². The Morgan fingerprint density at radius 3 is 2.94 bits per heavy atom. The Labute approximate surface area is 94.8 Å². The number of rotatable bonds is 5. The summed E-state index contributed by atoms with van der Waals surface area (Å²) < 4.78 is 6.56. The van der Waals surface area contributed by atoms with Gasteiger partial charge in [0.2, 0.25) is 5.91 Å². The summed E-state index contributed by atoms with van der Waals surface area (Å²) in [7, 11) is 3.37. The Bertz CT molecular complexity index is 362. The number of aromatic nitrogens is 2. The van der Waals surface area contributed by atoms with Crippen LogP contribution in [0.1, 0.15) is 11.3 Å².